The van der Waals surface area contributed by atoms with Crippen molar-refractivity contribution < 1.29 is 37.4 Å². The molecule has 0 aromatic heterocycles. The second kappa shape index (κ2) is 11.3. The van der Waals surface area contributed by atoms with E-state index in [1.54, 1.807) is 13.1 Å². The van der Waals surface area contributed by atoms with Crippen LogP contribution in [-0.4, -0.2) is 57.7 Å². The van der Waals surface area contributed by atoms with Crippen molar-refractivity contribution in [1.82, 2.24) is 0 Å². The Kier molecular flexibility index (Phi) is 9.51. The van der Waals surface area contributed by atoms with Gasteiger partial charge in [-0.2, -0.15) is 0 Å². The lowest BCUT2D eigenvalue weighted by molar-refractivity contribution is -0.757. The second-order valence-electron chi connectivity index (χ2n) is 5.26. The average Bonchev–Trinajstić information content (AvgIpc) is 2.61. The molecule has 0 amide bonds. The smallest absolute Gasteiger partial charge is 0.341 e. The molecule has 0 spiro atoms. The predicted octanol–water partition coefficient (Wildman–Crippen LogP) is 1.47. The van der Waals surface area contributed by atoms with Gasteiger partial charge in [-0.15, -0.1) is 10.1 Å². The molecular formula is C15H20N2O9S2. The van der Waals surface area contributed by atoms with Gasteiger partial charge in [-0.25, -0.2) is 13.2 Å². The third-order valence-electron chi connectivity index (χ3n) is 3.05. The Balaban J connectivity index is 2.71. The normalized spacial score (nSPS) is 10.8. The molecule has 13 heteroatoms. The summed E-state index contributed by atoms with van der Waals surface area (Å²) in [4.78, 5) is 38.3. The number of carbonyl (C=O) groups excluding carboxylic acids is 2. The fraction of sp³-hybridized carbons (Fsp3) is 0.467. The number of esters is 2. The number of hydrogen-bond donors (Lipinski definition) is 1. The molecule has 0 aliphatic heterocycles. The largest absolute Gasteiger partial charge is 0.461 e. The Morgan fingerprint density at radius 2 is 2.00 bits per heavy atom. The summed E-state index contributed by atoms with van der Waals surface area (Å²) in [6, 6.07) is 4.40. The van der Waals surface area contributed by atoms with Crippen molar-refractivity contribution in [2.45, 2.75) is 12.8 Å². The minimum Gasteiger partial charge on any atom is -0.461 e. The predicted molar refractivity (Wildman–Crippen MR) is 101 cm³/mol. The summed E-state index contributed by atoms with van der Waals surface area (Å²) in [5.74, 6) is -1.48. The highest BCUT2D eigenvalue weighted by atomic mass is 33.1. The third-order valence-corrected chi connectivity index (χ3v) is 5.60. The first kappa shape index (κ1) is 23.5. The molecule has 0 unspecified atom stereocenters. The van der Waals surface area contributed by atoms with E-state index in [1.165, 1.54) is 12.1 Å². The molecule has 0 saturated carbocycles. The van der Waals surface area contributed by atoms with Crippen LogP contribution >= 0.6 is 10.8 Å². The van der Waals surface area contributed by atoms with Crippen molar-refractivity contribution in [3.05, 3.63) is 33.9 Å². The Labute approximate surface area is 165 Å². The number of hydrogen-bond acceptors (Lipinski definition) is 11. The quantitative estimate of drug-likeness (QED) is 0.127. The first-order valence-corrected chi connectivity index (χ1v) is 11.3. The van der Waals surface area contributed by atoms with E-state index in [9.17, 15) is 28.1 Å². The van der Waals surface area contributed by atoms with Gasteiger partial charge in [-0.1, -0.05) is 0 Å². The van der Waals surface area contributed by atoms with Gasteiger partial charge in [0, 0.05) is 37.2 Å². The number of ether oxygens (including phenoxy) is 2. The minimum absolute atomic E-state index is 0.0155. The van der Waals surface area contributed by atoms with Crippen molar-refractivity contribution in [1.29, 1.82) is 0 Å². The Bertz CT molecular complexity index is 812. The Morgan fingerprint density at radius 3 is 2.61 bits per heavy atom. The maximum absolute atomic E-state index is 12.2. The summed E-state index contributed by atoms with van der Waals surface area (Å²) in [5.41, 5.74) is 0.557. The second-order valence-corrected chi connectivity index (χ2v) is 9.83. The number of nitrogens with zero attached hydrogens (tertiary/aromatic N) is 1. The molecule has 0 heterocycles. The van der Waals surface area contributed by atoms with Crippen LogP contribution in [0.5, 0.6) is 5.75 Å². The summed E-state index contributed by atoms with van der Waals surface area (Å²) < 4.78 is 32.3. The molecule has 0 fully saturated rings. The van der Waals surface area contributed by atoms with E-state index in [2.05, 4.69) is 10.2 Å². The summed E-state index contributed by atoms with van der Waals surface area (Å²) >= 11 is 0. The van der Waals surface area contributed by atoms with Crippen LogP contribution in [0.3, 0.4) is 0 Å². The van der Waals surface area contributed by atoms with Crippen molar-refractivity contribution in [2.75, 3.05) is 37.6 Å². The summed E-state index contributed by atoms with van der Waals surface area (Å²) in [6.45, 7) is -0.401. The standard InChI is InChI=1S/C15H20N2O9S2/c1-16-11-5-6-12(15(19)24-8-9-27-28(2,22)23)13(10-11)26-14(18)4-3-7-25-17(20)21/h5-6,10,16H,3-4,7-9H2,1-2H3. The molecule has 28 heavy (non-hydrogen) atoms. The van der Waals surface area contributed by atoms with E-state index in [0.29, 0.717) is 16.5 Å². The summed E-state index contributed by atoms with van der Waals surface area (Å²) in [5, 5.41) is 11.9. The van der Waals surface area contributed by atoms with Crippen LogP contribution in [0.1, 0.15) is 23.2 Å². The van der Waals surface area contributed by atoms with Gasteiger partial charge in [0.2, 0.25) is 0 Å². The van der Waals surface area contributed by atoms with Crippen molar-refractivity contribution in [3.8, 4) is 5.75 Å². The van der Waals surface area contributed by atoms with E-state index in [1.807, 2.05) is 0 Å². The van der Waals surface area contributed by atoms with Crippen LogP contribution in [0.2, 0.25) is 0 Å². The van der Waals surface area contributed by atoms with Gasteiger partial charge in [0.15, 0.2) is 8.87 Å². The lowest BCUT2D eigenvalue weighted by Gasteiger charge is -2.12. The SMILES string of the molecule is CNc1ccc(C(=O)OCCSS(C)(=O)=O)c(OC(=O)CCCO[N+](=O)[O-])c1. The van der Waals surface area contributed by atoms with E-state index < -0.39 is 25.9 Å². The maximum atomic E-state index is 12.2. The molecule has 0 radical (unpaired) electrons. The summed E-state index contributed by atoms with van der Waals surface area (Å²) in [6.07, 6.45) is 0.954. The van der Waals surface area contributed by atoms with Crippen LogP contribution < -0.4 is 10.1 Å². The van der Waals surface area contributed by atoms with Crippen molar-refractivity contribution in [3.63, 3.8) is 0 Å². The molecule has 0 aliphatic carbocycles. The van der Waals surface area contributed by atoms with E-state index in [4.69, 9.17) is 9.47 Å². The molecule has 1 N–H and O–H groups in total. The van der Waals surface area contributed by atoms with Gasteiger partial charge in [0.05, 0.1) is 6.61 Å². The zero-order valence-electron chi connectivity index (χ0n) is 15.2. The van der Waals surface area contributed by atoms with Crippen LogP contribution in [0, 0.1) is 10.1 Å². The summed E-state index contributed by atoms with van der Waals surface area (Å²) in [7, 11) is -0.961. The molecule has 0 saturated heterocycles. The molecule has 1 aromatic carbocycles. The maximum Gasteiger partial charge on any atom is 0.341 e. The van der Waals surface area contributed by atoms with Crippen LogP contribution in [0.25, 0.3) is 0 Å². The van der Waals surface area contributed by atoms with Gasteiger partial charge in [0.1, 0.15) is 17.9 Å². The first-order chi connectivity index (χ1) is 13.1. The fourth-order valence-corrected chi connectivity index (χ4v) is 3.42. The number of carbonyl (C=O) groups is 2. The number of nitrogens with one attached hydrogen (secondary N) is 1. The zero-order chi connectivity index (χ0) is 21.2. The fourth-order valence-electron chi connectivity index (χ4n) is 1.86. The van der Waals surface area contributed by atoms with Crippen LogP contribution in [0.4, 0.5) is 5.69 Å². The van der Waals surface area contributed by atoms with Crippen molar-refractivity contribution >= 4 is 37.3 Å². The van der Waals surface area contributed by atoms with E-state index >= 15 is 0 Å². The third kappa shape index (κ3) is 9.41. The molecule has 0 aliphatic rings. The van der Waals surface area contributed by atoms with Crippen LogP contribution in [0.15, 0.2) is 18.2 Å². The highest BCUT2D eigenvalue weighted by Crippen LogP contribution is 2.25. The van der Waals surface area contributed by atoms with Gasteiger partial charge < -0.3 is 19.6 Å². The van der Waals surface area contributed by atoms with E-state index in [0.717, 1.165) is 6.26 Å². The molecule has 0 bridgehead atoms. The molecular weight excluding hydrogens is 416 g/mol. The van der Waals surface area contributed by atoms with Gasteiger partial charge in [-0.3, -0.25) is 4.79 Å². The Hall–Kier alpha value is -2.54. The highest BCUT2D eigenvalue weighted by molar-refractivity contribution is 8.71. The average molecular weight is 436 g/mol. The number of benzene rings is 1. The molecule has 1 aromatic rings. The molecule has 1 rings (SSSR count). The molecule has 11 nitrogen and oxygen atoms in total. The minimum atomic E-state index is -3.24. The first-order valence-electron chi connectivity index (χ1n) is 7.93. The zero-order valence-corrected chi connectivity index (χ0v) is 16.8. The topological polar surface area (TPSA) is 151 Å². The number of anilines is 1. The Morgan fingerprint density at radius 1 is 1.29 bits per heavy atom. The number of rotatable bonds is 12. The van der Waals surface area contributed by atoms with Crippen LogP contribution in [-0.2, 0) is 23.2 Å². The van der Waals surface area contributed by atoms with Gasteiger partial charge >= 0.3 is 11.9 Å². The molecule has 156 valence electrons. The highest BCUT2D eigenvalue weighted by Gasteiger charge is 2.18. The molecule has 0 atom stereocenters. The van der Waals surface area contributed by atoms with E-state index in [-0.39, 0.29) is 43.1 Å². The lowest BCUT2D eigenvalue weighted by atomic mass is 10.2. The van der Waals surface area contributed by atoms with Gasteiger partial charge in [0.25, 0.3) is 5.09 Å². The monoisotopic (exact) mass is 436 g/mol. The van der Waals surface area contributed by atoms with Gasteiger partial charge in [-0.05, 0) is 29.3 Å². The van der Waals surface area contributed by atoms with Crippen molar-refractivity contribution in [2.24, 2.45) is 0 Å². The lowest BCUT2D eigenvalue weighted by Crippen LogP contribution is -2.15.